The zero-order valence-corrected chi connectivity index (χ0v) is 17.7. The fourth-order valence-electron chi connectivity index (χ4n) is 3.61. The quantitative estimate of drug-likeness (QED) is 0.312. The van der Waals surface area contributed by atoms with Crippen molar-refractivity contribution in [1.29, 1.82) is 5.41 Å². The molecule has 3 N–H and O–H groups in total. The molecule has 0 bridgehead atoms. The Labute approximate surface area is 180 Å². The van der Waals surface area contributed by atoms with Gasteiger partial charge in [0.25, 0.3) is 0 Å². The Hall–Kier alpha value is -3.62. The van der Waals surface area contributed by atoms with Gasteiger partial charge in [-0.3, -0.25) is 24.7 Å². The van der Waals surface area contributed by atoms with Gasteiger partial charge >= 0.3 is 5.97 Å². The van der Waals surface area contributed by atoms with E-state index in [1.807, 2.05) is 0 Å². The zero-order chi connectivity index (χ0) is 22.8. The number of benzene rings is 1. The molecule has 1 atom stereocenters. The largest absolute Gasteiger partial charge is 0.460 e. The predicted octanol–water partition coefficient (Wildman–Crippen LogP) is 1.79. The number of nitrogens with one attached hydrogen (secondary N) is 1. The molecule has 1 aromatic carbocycles. The van der Waals surface area contributed by atoms with Crippen LogP contribution in [-0.2, 0) is 24.5 Å². The molecule has 0 aliphatic carbocycles. The second-order valence-electron chi connectivity index (χ2n) is 8.49. The zero-order valence-electron chi connectivity index (χ0n) is 17.7. The number of rotatable bonds is 6. The van der Waals surface area contributed by atoms with E-state index in [0.717, 1.165) is 4.90 Å². The molecule has 2 heterocycles. The van der Waals surface area contributed by atoms with Gasteiger partial charge in [-0.05, 0) is 32.8 Å². The average molecular weight is 423 g/mol. The van der Waals surface area contributed by atoms with Crippen LogP contribution in [0.3, 0.4) is 0 Å². The molecule has 0 saturated carbocycles. The highest BCUT2D eigenvalue weighted by atomic mass is 16.6. The lowest BCUT2D eigenvalue weighted by Gasteiger charge is -2.28. The van der Waals surface area contributed by atoms with E-state index in [1.165, 1.54) is 12.4 Å². The Morgan fingerprint density at radius 2 is 1.87 bits per heavy atom. The number of nitrogens with two attached hydrogens (primary N) is 1. The topological polar surface area (TPSA) is 139 Å². The molecule has 9 heteroatoms. The molecule has 2 amide bonds. The highest BCUT2D eigenvalue weighted by Crippen LogP contribution is 2.40. The standard InChI is InChI=1S/C22H25N5O4/c1-21(2,3)31-17(29)10-22(8-9-27(13-28)20(22)30)16-6-4-14(5-7-16)19-25-11-15(12-26-19)18(23)24/h4-7,11-13H,8-10H2,1-3H3,(H3,23,24). The molecule has 1 aliphatic heterocycles. The molecular formula is C22H25N5O4. The first-order chi connectivity index (χ1) is 14.6. The van der Waals surface area contributed by atoms with Gasteiger partial charge in [0.15, 0.2) is 5.82 Å². The predicted molar refractivity (Wildman–Crippen MR) is 113 cm³/mol. The van der Waals surface area contributed by atoms with Crippen molar-refractivity contribution in [2.24, 2.45) is 5.73 Å². The molecule has 9 nitrogen and oxygen atoms in total. The number of amidine groups is 1. The second kappa shape index (κ2) is 8.25. The first-order valence-corrected chi connectivity index (χ1v) is 9.81. The van der Waals surface area contributed by atoms with E-state index in [0.29, 0.717) is 35.3 Å². The summed E-state index contributed by atoms with van der Waals surface area (Å²) in [7, 11) is 0. The van der Waals surface area contributed by atoms with Crippen LogP contribution in [-0.4, -0.2) is 51.1 Å². The van der Waals surface area contributed by atoms with E-state index in [9.17, 15) is 14.4 Å². The van der Waals surface area contributed by atoms with Crippen LogP contribution in [0, 0.1) is 5.41 Å². The van der Waals surface area contributed by atoms with Gasteiger partial charge in [0.05, 0.1) is 17.4 Å². The lowest BCUT2D eigenvalue weighted by atomic mass is 9.76. The van der Waals surface area contributed by atoms with Gasteiger partial charge < -0.3 is 10.5 Å². The van der Waals surface area contributed by atoms with Crippen LogP contribution in [0.1, 0.15) is 44.7 Å². The normalized spacial score (nSPS) is 18.7. The van der Waals surface area contributed by atoms with Crippen LogP contribution < -0.4 is 5.73 Å². The van der Waals surface area contributed by atoms with Crippen LogP contribution in [0.4, 0.5) is 0 Å². The number of esters is 1. The first kappa shape index (κ1) is 22.1. The van der Waals surface area contributed by atoms with Crippen molar-refractivity contribution in [3.8, 4) is 11.4 Å². The molecule has 31 heavy (non-hydrogen) atoms. The molecule has 3 rings (SSSR count). The molecule has 2 aromatic rings. The van der Waals surface area contributed by atoms with Crippen LogP contribution in [0.5, 0.6) is 0 Å². The Kier molecular flexibility index (Phi) is 5.88. The number of nitrogens with zero attached hydrogens (tertiary/aromatic N) is 3. The number of hydrogen-bond acceptors (Lipinski definition) is 7. The van der Waals surface area contributed by atoms with Crippen molar-refractivity contribution in [3.05, 3.63) is 47.8 Å². The average Bonchev–Trinajstić information content (AvgIpc) is 3.03. The maximum atomic E-state index is 13.0. The van der Waals surface area contributed by atoms with Crippen LogP contribution >= 0.6 is 0 Å². The third kappa shape index (κ3) is 4.60. The maximum Gasteiger partial charge on any atom is 0.307 e. The van der Waals surface area contributed by atoms with E-state index >= 15 is 0 Å². The van der Waals surface area contributed by atoms with Gasteiger partial charge in [-0.1, -0.05) is 24.3 Å². The minimum absolute atomic E-state index is 0.120. The minimum Gasteiger partial charge on any atom is -0.460 e. The minimum atomic E-state index is -1.17. The number of ether oxygens (including phenoxy) is 1. The molecule has 1 unspecified atom stereocenters. The number of carbonyl (C=O) groups excluding carboxylic acids is 3. The summed E-state index contributed by atoms with van der Waals surface area (Å²) in [5.41, 5.74) is 5.32. The summed E-state index contributed by atoms with van der Waals surface area (Å²) in [4.78, 5) is 46.5. The lowest BCUT2D eigenvalue weighted by Crippen LogP contribution is -2.40. The number of nitrogen functional groups attached to an aromatic ring is 1. The van der Waals surface area contributed by atoms with Crippen molar-refractivity contribution in [3.63, 3.8) is 0 Å². The number of imide groups is 1. The Bertz CT molecular complexity index is 1010. The molecular weight excluding hydrogens is 398 g/mol. The molecule has 1 aromatic heterocycles. The fourth-order valence-corrected chi connectivity index (χ4v) is 3.61. The van der Waals surface area contributed by atoms with Gasteiger partial charge in [0.1, 0.15) is 11.4 Å². The second-order valence-corrected chi connectivity index (χ2v) is 8.49. The van der Waals surface area contributed by atoms with Crippen molar-refractivity contribution < 1.29 is 19.1 Å². The van der Waals surface area contributed by atoms with Gasteiger partial charge in [0, 0.05) is 24.5 Å². The summed E-state index contributed by atoms with van der Waals surface area (Å²) >= 11 is 0. The van der Waals surface area contributed by atoms with Crippen LogP contribution in [0.15, 0.2) is 36.7 Å². The molecule has 0 radical (unpaired) electrons. The number of carbonyl (C=O) groups is 3. The van der Waals surface area contributed by atoms with Gasteiger partial charge in [-0.2, -0.15) is 0 Å². The van der Waals surface area contributed by atoms with E-state index in [1.54, 1.807) is 45.0 Å². The Morgan fingerprint density at radius 1 is 1.26 bits per heavy atom. The van der Waals surface area contributed by atoms with E-state index in [-0.39, 0.29) is 18.8 Å². The highest BCUT2D eigenvalue weighted by molar-refractivity contribution is 5.99. The summed E-state index contributed by atoms with van der Waals surface area (Å²) in [6.07, 6.45) is 3.59. The monoisotopic (exact) mass is 423 g/mol. The van der Waals surface area contributed by atoms with Crippen molar-refractivity contribution >= 4 is 24.1 Å². The van der Waals surface area contributed by atoms with E-state index < -0.39 is 22.9 Å². The molecule has 1 saturated heterocycles. The molecule has 162 valence electrons. The van der Waals surface area contributed by atoms with Crippen LogP contribution in [0.25, 0.3) is 11.4 Å². The van der Waals surface area contributed by atoms with E-state index in [2.05, 4.69) is 9.97 Å². The van der Waals surface area contributed by atoms with Gasteiger partial charge in [0.2, 0.25) is 12.3 Å². The highest BCUT2D eigenvalue weighted by Gasteiger charge is 2.50. The van der Waals surface area contributed by atoms with Crippen molar-refractivity contribution in [2.75, 3.05) is 6.54 Å². The Morgan fingerprint density at radius 3 is 2.35 bits per heavy atom. The van der Waals surface area contributed by atoms with Gasteiger partial charge in [-0.15, -0.1) is 0 Å². The summed E-state index contributed by atoms with van der Waals surface area (Å²) in [5.74, 6) is -0.598. The smallest absolute Gasteiger partial charge is 0.307 e. The summed E-state index contributed by atoms with van der Waals surface area (Å²) in [5, 5.41) is 7.42. The third-order valence-electron chi connectivity index (χ3n) is 5.10. The van der Waals surface area contributed by atoms with Crippen LogP contribution in [0.2, 0.25) is 0 Å². The molecule has 1 fully saturated rings. The number of amides is 2. The number of aromatic nitrogens is 2. The third-order valence-corrected chi connectivity index (χ3v) is 5.10. The van der Waals surface area contributed by atoms with Crippen molar-refractivity contribution in [2.45, 2.75) is 44.6 Å². The van der Waals surface area contributed by atoms with Crippen molar-refractivity contribution in [1.82, 2.24) is 14.9 Å². The number of hydrogen-bond donors (Lipinski definition) is 2. The van der Waals surface area contributed by atoms with Gasteiger partial charge in [-0.25, -0.2) is 9.97 Å². The lowest BCUT2D eigenvalue weighted by molar-refractivity contribution is -0.158. The summed E-state index contributed by atoms with van der Waals surface area (Å²) < 4.78 is 5.44. The number of likely N-dealkylation sites (tertiary alicyclic amines) is 1. The molecule has 0 spiro atoms. The SMILES string of the molecule is CC(C)(C)OC(=O)CC1(c2ccc(-c3ncc(C(=N)N)cn3)cc2)CCN(C=O)C1=O. The fraction of sp³-hybridized carbons (Fsp3) is 0.364. The van der Waals surface area contributed by atoms with E-state index in [4.69, 9.17) is 15.9 Å². The first-order valence-electron chi connectivity index (χ1n) is 9.81. The maximum absolute atomic E-state index is 13.0. The molecule has 1 aliphatic rings. The summed E-state index contributed by atoms with van der Waals surface area (Å²) in [6.45, 7) is 5.52. The summed E-state index contributed by atoms with van der Waals surface area (Å²) in [6, 6.07) is 7.00. The Balaban J connectivity index is 1.93.